The minimum Gasteiger partial charge on any atom is -0.508 e. The molecule has 0 atom stereocenters. The maximum absolute atomic E-state index is 11.4. The fourth-order valence-electron chi connectivity index (χ4n) is 1.42. The smallest absolute Gasteiger partial charge is 0.315 e. The number of hydrogen-bond donors (Lipinski definition) is 3. The normalized spacial score (nSPS) is 11.0. The summed E-state index contributed by atoms with van der Waals surface area (Å²) in [6, 6.07) is 6.94. The number of hydrogen-bond acceptors (Lipinski definition) is 2. The number of carbonyl (C=O) groups is 1. The summed E-state index contributed by atoms with van der Waals surface area (Å²) in [6.45, 7) is 6.28. The van der Waals surface area contributed by atoms with Gasteiger partial charge in [-0.2, -0.15) is 0 Å². The van der Waals surface area contributed by atoms with Crippen molar-refractivity contribution in [2.45, 2.75) is 32.7 Å². The zero-order valence-electron chi connectivity index (χ0n) is 10.6. The number of phenolic OH excluding ortho intramolecular Hbond substituents is 1. The molecule has 3 N–H and O–H groups in total. The van der Waals surface area contributed by atoms with Gasteiger partial charge in [0.1, 0.15) is 5.75 Å². The molecule has 0 spiro atoms. The molecule has 94 valence electrons. The number of benzene rings is 1. The number of para-hydroxylation sites is 1. The Kier molecular flexibility index (Phi) is 4.37. The summed E-state index contributed by atoms with van der Waals surface area (Å²) < 4.78 is 0. The van der Waals surface area contributed by atoms with Crippen molar-refractivity contribution in [2.75, 3.05) is 6.54 Å². The Labute approximate surface area is 102 Å². The van der Waals surface area contributed by atoms with E-state index in [0.717, 1.165) is 5.56 Å². The van der Waals surface area contributed by atoms with Crippen molar-refractivity contribution in [1.82, 2.24) is 10.6 Å². The number of amides is 2. The summed E-state index contributed by atoms with van der Waals surface area (Å²) in [7, 11) is 0. The minimum atomic E-state index is -0.237. The molecule has 4 nitrogen and oxygen atoms in total. The maximum atomic E-state index is 11.4. The lowest BCUT2D eigenvalue weighted by Gasteiger charge is -2.20. The van der Waals surface area contributed by atoms with E-state index in [1.165, 1.54) is 0 Å². The number of rotatable bonds is 3. The van der Waals surface area contributed by atoms with Crippen LogP contribution in [0.1, 0.15) is 26.3 Å². The van der Waals surface area contributed by atoms with Gasteiger partial charge in [-0.3, -0.25) is 0 Å². The predicted molar refractivity (Wildman–Crippen MR) is 68.1 cm³/mol. The molecule has 1 aromatic carbocycles. The lowest BCUT2D eigenvalue weighted by molar-refractivity contribution is 0.232. The minimum absolute atomic E-state index is 0.187. The van der Waals surface area contributed by atoms with Gasteiger partial charge >= 0.3 is 6.03 Å². The second-order valence-corrected chi connectivity index (χ2v) is 5.01. The van der Waals surface area contributed by atoms with E-state index in [9.17, 15) is 9.90 Å². The number of nitrogens with one attached hydrogen (secondary N) is 2. The van der Waals surface area contributed by atoms with Crippen molar-refractivity contribution >= 4 is 6.03 Å². The van der Waals surface area contributed by atoms with E-state index in [1.807, 2.05) is 32.9 Å². The Morgan fingerprint density at radius 1 is 1.29 bits per heavy atom. The molecular weight excluding hydrogens is 216 g/mol. The van der Waals surface area contributed by atoms with Crippen molar-refractivity contribution < 1.29 is 9.90 Å². The van der Waals surface area contributed by atoms with E-state index in [0.29, 0.717) is 13.0 Å². The maximum Gasteiger partial charge on any atom is 0.315 e. The predicted octanol–water partition coefficient (Wildman–Crippen LogP) is 2.03. The van der Waals surface area contributed by atoms with Crippen LogP contribution in [0.5, 0.6) is 5.75 Å². The lowest BCUT2D eigenvalue weighted by Crippen LogP contribution is -2.46. The summed E-state index contributed by atoms with van der Waals surface area (Å²) in [5, 5.41) is 15.1. The molecular formula is C13H20N2O2. The summed E-state index contributed by atoms with van der Waals surface area (Å²) in [5.74, 6) is 0.269. The second kappa shape index (κ2) is 5.57. The number of phenols is 1. The van der Waals surface area contributed by atoms with E-state index in [-0.39, 0.29) is 17.3 Å². The summed E-state index contributed by atoms with van der Waals surface area (Å²) in [6.07, 6.45) is 0.615. The van der Waals surface area contributed by atoms with Gasteiger partial charge in [0.25, 0.3) is 0 Å². The molecule has 0 saturated heterocycles. The van der Waals surface area contributed by atoms with Crippen LogP contribution in [0, 0.1) is 0 Å². The van der Waals surface area contributed by atoms with Crippen LogP contribution in [0.4, 0.5) is 4.79 Å². The molecule has 0 aliphatic heterocycles. The fraction of sp³-hybridized carbons (Fsp3) is 0.462. The molecule has 1 aromatic rings. The average Bonchev–Trinajstić information content (AvgIpc) is 2.18. The fourth-order valence-corrected chi connectivity index (χ4v) is 1.42. The van der Waals surface area contributed by atoms with E-state index >= 15 is 0 Å². The van der Waals surface area contributed by atoms with Crippen LogP contribution in [0.2, 0.25) is 0 Å². The number of aromatic hydroxyl groups is 1. The highest BCUT2D eigenvalue weighted by molar-refractivity contribution is 5.74. The number of carbonyl (C=O) groups excluding carboxylic acids is 1. The van der Waals surface area contributed by atoms with Gasteiger partial charge in [-0.1, -0.05) is 18.2 Å². The first-order chi connectivity index (χ1) is 7.88. The van der Waals surface area contributed by atoms with Crippen molar-refractivity contribution in [2.24, 2.45) is 0 Å². The lowest BCUT2D eigenvalue weighted by atomic mass is 10.1. The molecule has 17 heavy (non-hydrogen) atoms. The Morgan fingerprint density at radius 3 is 2.53 bits per heavy atom. The first kappa shape index (κ1) is 13.4. The second-order valence-electron chi connectivity index (χ2n) is 5.01. The average molecular weight is 236 g/mol. The highest BCUT2D eigenvalue weighted by atomic mass is 16.3. The highest BCUT2D eigenvalue weighted by Crippen LogP contribution is 2.15. The quantitative estimate of drug-likeness (QED) is 0.752. The SMILES string of the molecule is CC(C)(C)NC(=O)NCCc1ccccc1O. The van der Waals surface area contributed by atoms with Crippen LogP contribution in [-0.4, -0.2) is 23.2 Å². The van der Waals surface area contributed by atoms with Gasteiger partial charge in [0.05, 0.1) is 0 Å². The van der Waals surface area contributed by atoms with Gasteiger partial charge in [0, 0.05) is 12.1 Å². The summed E-state index contributed by atoms with van der Waals surface area (Å²) >= 11 is 0. The van der Waals surface area contributed by atoms with E-state index in [4.69, 9.17) is 0 Å². The molecule has 0 unspecified atom stereocenters. The van der Waals surface area contributed by atoms with Gasteiger partial charge < -0.3 is 15.7 Å². The molecule has 0 heterocycles. The third-order valence-electron chi connectivity index (χ3n) is 2.16. The van der Waals surface area contributed by atoms with E-state index < -0.39 is 0 Å². The largest absolute Gasteiger partial charge is 0.508 e. The molecule has 1 rings (SSSR count). The third kappa shape index (κ3) is 5.24. The number of urea groups is 1. The highest BCUT2D eigenvalue weighted by Gasteiger charge is 2.12. The van der Waals surface area contributed by atoms with Crippen LogP contribution in [-0.2, 0) is 6.42 Å². The molecule has 0 aromatic heterocycles. The topological polar surface area (TPSA) is 61.4 Å². The first-order valence-corrected chi connectivity index (χ1v) is 5.71. The van der Waals surface area contributed by atoms with Crippen LogP contribution in [0.3, 0.4) is 0 Å². The monoisotopic (exact) mass is 236 g/mol. The molecule has 2 amide bonds. The first-order valence-electron chi connectivity index (χ1n) is 5.71. The molecule has 0 bridgehead atoms. The van der Waals surface area contributed by atoms with Gasteiger partial charge in [-0.25, -0.2) is 4.79 Å². The summed E-state index contributed by atoms with van der Waals surface area (Å²) in [4.78, 5) is 11.4. The van der Waals surface area contributed by atoms with E-state index in [2.05, 4.69) is 10.6 Å². The molecule has 0 aliphatic rings. The van der Waals surface area contributed by atoms with Crippen LogP contribution >= 0.6 is 0 Å². The summed E-state index contributed by atoms with van der Waals surface area (Å²) in [5.41, 5.74) is 0.599. The van der Waals surface area contributed by atoms with Gasteiger partial charge in [0.15, 0.2) is 0 Å². The van der Waals surface area contributed by atoms with Gasteiger partial charge in [0.2, 0.25) is 0 Å². The molecule has 4 heteroatoms. The molecule has 0 radical (unpaired) electrons. The Bertz CT molecular complexity index is 383. The van der Waals surface area contributed by atoms with Gasteiger partial charge in [-0.05, 0) is 38.8 Å². The van der Waals surface area contributed by atoms with Crippen molar-refractivity contribution in [1.29, 1.82) is 0 Å². The van der Waals surface area contributed by atoms with Crippen molar-refractivity contribution in [3.8, 4) is 5.75 Å². The standard InChI is InChI=1S/C13H20N2O2/c1-13(2,3)15-12(17)14-9-8-10-6-4-5-7-11(10)16/h4-7,16H,8-9H2,1-3H3,(H2,14,15,17). The van der Waals surface area contributed by atoms with Crippen molar-refractivity contribution in [3.63, 3.8) is 0 Å². The van der Waals surface area contributed by atoms with E-state index in [1.54, 1.807) is 12.1 Å². The van der Waals surface area contributed by atoms with Crippen LogP contribution < -0.4 is 10.6 Å². The Hall–Kier alpha value is -1.71. The Balaban J connectivity index is 2.34. The van der Waals surface area contributed by atoms with Crippen molar-refractivity contribution in [3.05, 3.63) is 29.8 Å². The van der Waals surface area contributed by atoms with Crippen LogP contribution in [0.25, 0.3) is 0 Å². The zero-order valence-corrected chi connectivity index (χ0v) is 10.6. The zero-order chi connectivity index (χ0) is 12.9. The van der Waals surface area contributed by atoms with Gasteiger partial charge in [-0.15, -0.1) is 0 Å². The molecule has 0 aliphatic carbocycles. The van der Waals surface area contributed by atoms with Crippen LogP contribution in [0.15, 0.2) is 24.3 Å². The Morgan fingerprint density at radius 2 is 1.94 bits per heavy atom. The molecule has 0 saturated carbocycles. The third-order valence-corrected chi connectivity index (χ3v) is 2.16. The molecule has 0 fully saturated rings.